The van der Waals surface area contributed by atoms with Crippen LogP contribution in [0.25, 0.3) is 0 Å². The van der Waals surface area contributed by atoms with Crippen LogP contribution in [0.4, 0.5) is 0 Å². The molecule has 0 radical (unpaired) electrons. The lowest BCUT2D eigenvalue weighted by atomic mass is 10.1. The number of nitrogens with zero attached hydrogens (tertiary/aromatic N) is 1. The topological polar surface area (TPSA) is 77.5 Å². The summed E-state index contributed by atoms with van der Waals surface area (Å²) >= 11 is 0. The van der Waals surface area contributed by atoms with Crippen LogP contribution in [-0.2, 0) is 50.3 Å². The second-order valence-electron chi connectivity index (χ2n) is 9.58. The summed E-state index contributed by atoms with van der Waals surface area (Å²) in [5.41, 5.74) is 3.83. The van der Waals surface area contributed by atoms with E-state index in [-0.39, 0.29) is 39.6 Å². The minimum Gasteiger partial charge on any atom is -0.394 e. The lowest BCUT2D eigenvalue weighted by Gasteiger charge is -2.34. The molecular formula is C34H37NO6. The van der Waals surface area contributed by atoms with Gasteiger partial charge in [-0.1, -0.05) is 121 Å². The van der Waals surface area contributed by atoms with Crippen molar-refractivity contribution in [3.63, 3.8) is 0 Å². The van der Waals surface area contributed by atoms with Gasteiger partial charge in [0.2, 0.25) is 6.41 Å². The van der Waals surface area contributed by atoms with Gasteiger partial charge in [-0.25, -0.2) is 5.06 Å². The van der Waals surface area contributed by atoms with E-state index in [0.29, 0.717) is 6.41 Å². The van der Waals surface area contributed by atoms with Gasteiger partial charge in [-0.15, -0.1) is 0 Å². The molecule has 4 aromatic rings. The van der Waals surface area contributed by atoms with E-state index in [1.165, 1.54) is 5.06 Å². The number of carbonyl (C=O) groups is 1. The van der Waals surface area contributed by atoms with Crippen LogP contribution in [0.2, 0.25) is 0 Å². The molecule has 4 aromatic carbocycles. The third-order valence-corrected chi connectivity index (χ3v) is 6.53. The van der Waals surface area contributed by atoms with Gasteiger partial charge in [0.1, 0.15) is 24.9 Å². The molecule has 0 unspecified atom stereocenters. The summed E-state index contributed by atoms with van der Waals surface area (Å²) in [5.74, 6) is 0. The smallest absolute Gasteiger partial charge is 0.233 e. The molecule has 1 amide bonds. The van der Waals surface area contributed by atoms with Gasteiger partial charge in [0.25, 0.3) is 0 Å². The lowest BCUT2D eigenvalue weighted by Crippen LogP contribution is -2.49. The summed E-state index contributed by atoms with van der Waals surface area (Å²) in [6.45, 7) is 0.809. The van der Waals surface area contributed by atoms with Crippen LogP contribution >= 0.6 is 0 Å². The summed E-state index contributed by atoms with van der Waals surface area (Å²) in [6, 6.07) is 38.9. The maximum atomic E-state index is 12.1. The highest BCUT2D eigenvalue weighted by Crippen LogP contribution is 2.20. The van der Waals surface area contributed by atoms with E-state index in [0.717, 1.165) is 22.3 Å². The molecule has 0 saturated heterocycles. The summed E-state index contributed by atoms with van der Waals surface area (Å²) in [5, 5.41) is 11.7. The molecule has 0 bridgehead atoms. The van der Waals surface area contributed by atoms with Crippen LogP contribution in [-0.4, -0.2) is 48.0 Å². The van der Waals surface area contributed by atoms with Crippen molar-refractivity contribution in [2.75, 3.05) is 13.2 Å². The Morgan fingerprint density at radius 2 is 0.951 bits per heavy atom. The normalized spacial score (nSPS) is 13.3. The molecule has 0 aliphatic rings. The highest BCUT2D eigenvalue weighted by atomic mass is 16.7. The molecule has 0 fully saturated rings. The van der Waals surface area contributed by atoms with Crippen molar-refractivity contribution >= 4 is 6.41 Å². The largest absolute Gasteiger partial charge is 0.394 e. The molecule has 0 aliphatic heterocycles. The van der Waals surface area contributed by atoms with E-state index in [1.807, 2.05) is 121 Å². The minimum atomic E-state index is -0.734. The highest BCUT2D eigenvalue weighted by Gasteiger charge is 2.34. The number of benzene rings is 4. The van der Waals surface area contributed by atoms with Crippen LogP contribution in [0.15, 0.2) is 121 Å². The van der Waals surface area contributed by atoms with Gasteiger partial charge in [0, 0.05) is 0 Å². The number of hydroxylamine groups is 2. The van der Waals surface area contributed by atoms with Gasteiger partial charge in [-0.05, 0) is 22.3 Å². The predicted octanol–water partition coefficient (Wildman–Crippen LogP) is 5.33. The zero-order valence-corrected chi connectivity index (χ0v) is 23.0. The van der Waals surface area contributed by atoms with Gasteiger partial charge >= 0.3 is 0 Å². The minimum absolute atomic E-state index is 0.0633. The fourth-order valence-corrected chi connectivity index (χ4v) is 4.31. The van der Waals surface area contributed by atoms with Crippen molar-refractivity contribution in [3.05, 3.63) is 144 Å². The van der Waals surface area contributed by atoms with E-state index >= 15 is 0 Å². The summed E-state index contributed by atoms with van der Waals surface area (Å²) in [7, 11) is 0. The number of aliphatic hydroxyl groups is 1. The first-order valence-corrected chi connectivity index (χ1v) is 13.7. The monoisotopic (exact) mass is 555 g/mol. The molecule has 214 valence electrons. The number of hydrogen-bond acceptors (Lipinski definition) is 6. The number of carbonyl (C=O) groups excluding carboxylic acids is 1. The van der Waals surface area contributed by atoms with Crippen molar-refractivity contribution in [1.82, 2.24) is 5.06 Å². The summed E-state index contributed by atoms with van der Waals surface area (Å²) in [6.07, 6.45) is -1.51. The molecule has 0 spiro atoms. The molecule has 0 aliphatic carbocycles. The maximum absolute atomic E-state index is 12.1. The van der Waals surface area contributed by atoms with E-state index in [9.17, 15) is 9.90 Å². The van der Waals surface area contributed by atoms with E-state index in [2.05, 4.69) is 0 Å². The fraction of sp³-hybridized carbons (Fsp3) is 0.265. The average molecular weight is 556 g/mol. The molecule has 41 heavy (non-hydrogen) atoms. The molecule has 0 saturated carbocycles. The van der Waals surface area contributed by atoms with E-state index in [1.54, 1.807) is 0 Å². The third kappa shape index (κ3) is 10.2. The van der Waals surface area contributed by atoms with Gasteiger partial charge in [-0.2, -0.15) is 0 Å². The molecule has 1 N–H and O–H groups in total. The quantitative estimate of drug-likeness (QED) is 0.132. The van der Waals surface area contributed by atoms with Crippen LogP contribution < -0.4 is 0 Å². The highest BCUT2D eigenvalue weighted by molar-refractivity contribution is 5.45. The molecule has 0 heterocycles. The first-order chi connectivity index (χ1) is 20.2. The summed E-state index contributed by atoms with van der Waals surface area (Å²) < 4.78 is 19.0. The van der Waals surface area contributed by atoms with E-state index in [4.69, 9.17) is 19.0 Å². The molecule has 7 heteroatoms. The Morgan fingerprint density at radius 1 is 0.561 bits per heavy atom. The van der Waals surface area contributed by atoms with Gasteiger partial charge in [0.05, 0.1) is 33.0 Å². The molecule has 0 aromatic heterocycles. The Labute approximate surface area is 241 Å². The lowest BCUT2D eigenvalue weighted by molar-refractivity contribution is -0.211. The Balaban J connectivity index is 1.55. The number of aliphatic hydroxyl groups excluding tert-OH is 1. The van der Waals surface area contributed by atoms with Crippen molar-refractivity contribution in [1.29, 1.82) is 0 Å². The standard InChI is InChI=1S/C34H37NO6/c36-22-33(39-24-29-15-7-2-8-16-29)34(40-25-30-17-9-3-10-18-30)32(38-23-28-13-5-1-6-14-28)21-35(27-37)41-26-31-19-11-4-12-20-31/h1-20,27,32-34,36H,21-26H2/t32-,33-,34+/m1/s1. The Kier molecular flexibility index (Phi) is 12.5. The first kappa shape index (κ1) is 30.1. The third-order valence-electron chi connectivity index (χ3n) is 6.53. The zero-order valence-electron chi connectivity index (χ0n) is 23.0. The Bertz CT molecular complexity index is 1240. The predicted molar refractivity (Wildman–Crippen MR) is 156 cm³/mol. The molecule has 3 atom stereocenters. The van der Waals surface area contributed by atoms with Gasteiger partial charge in [-0.3, -0.25) is 9.63 Å². The number of rotatable bonds is 18. The van der Waals surface area contributed by atoms with Crippen molar-refractivity contribution in [3.8, 4) is 0 Å². The first-order valence-electron chi connectivity index (χ1n) is 13.7. The zero-order chi connectivity index (χ0) is 28.5. The molecular weight excluding hydrogens is 518 g/mol. The number of hydrogen-bond donors (Lipinski definition) is 1. The Hall–Kier alpha value is -3.85. The van der Waals surface area contributed by atoms with Crippen molar-refractivity contribution in [2.45, 2.75) is 44.7 Å². The number of amides is 1. The SMILES string of the molecule is O=CN(C[C@@H](OCc1ccccc1)[C@H](OCc1ccccc1)[C@@H](CO)OCc1ccccc1)OCc1ccccc1. The second kappa shape index (κ2) is 17.1. The van der Waals surface area contributed by atoms with Crippen LogP contribution in [0, 0.1) is 0 Å². The molecule has 7 nitrogen and oxygen atoms in total. The maximum Gasteiger partial charge on any atom is 0.233 e. The molecule has 4 rings (SSSR count). The number of ether oxygens (including phenoxy) is 3. The Morgan fingerprint density at radius 3 is 1.37 bits per heavy atom. The van der Waals surface area contributed by atoms with Gasteiger partial charge in [0.15, 0.2) is 0 Å². The van der Waals surface area contributed by atoms with Crippen molar-refractivity contribution < 1.29 is 28.9 Å². The van der Waals surface area contributed by atoms with E-state index < -0.39 is 18.3 Å². The van der Waals surface area contributed by atoms with Crippen molar-refractivity contribution in [2.24, 2.45) is 0 Å². The second-order valence-corrected chi connectivity index (χ2v) is 9.58. The van der Waals surface area contributed by atoms with Gasteiger partial charge < -0.3 is 19.3 Å². The van der Waals surface area contributed by atoms with Crippen LogP contribution in [0.3, 0.4) is 0 Å². The summed E-state index contributed by atoms with van der Waals surface area (Å²) in [4.78, 5) is 18.0. The van der Waals surface area contributed by atoms with Crippen LogP contribution in [0.1, 0.15) is 22.3 Å². The fourth-order valence-electron chi connectivity index (χ4n) is 4.31. The average Bonchev–Trinajstić information content (AvgIpc) is 3.04. The van der Waals surface area contributed by atoms with Crippen LogP contribution in [0.5, 0.6) is 0 Å².